The smallest absolute Gasteiger partial charge is 0.251 e. The molecule has 0 radical (unpaired) electrons. The predicted molar refractivity (Wildman–Crippen MR) is 114 cm³/mol. The number of aromatic nitrogens is 3. The van der Waals surface area contributed by atoms with Crippen LogP contribution in [0, 0.1) is 18.6 Å². The molecule has 0 aliphatic carbocycles. The van der Waals surface area contributed by atoms with Crippen molar-refractivity contribution in [2.45, 2.75) is 32.1 Å². The lowest BCUT2D eigenvalue weighted by atomic mass is 10.1. The van der Waals surface area contributed by atoms with Gasteiger partial charge in [0, 0.05) is 23.9 Å². The number of nitrogens with zero attached hydrogens (tertiary/aromatic N) is 3. The number of aryl methyl sites for hydroxylation is 1. The number of hydrogen-bond acceptors (Lipinski definition) is 5. The number of amides is 2. The van der Waals surface area contributed by atoms with E-state index in [1.165, 1.54) is 6.07 Å². The average molecular weight is 445 g/mol. The maximum absolute atomic E-state index is 13.3. The van der Waals surface area contributed by atoms with Gasteiger partial charge in [-0.3, -0.25) is 9.59 Å². The lowest BCUT2D eigenvalue weighted by Gasteiger charge is -2.09. The number of benzene rings is 2. The highest BCUT2D eigenvalue weighted by Gasteiger charge is 2.15. The third kappa shape index (κ3) is 5.88. The monoisotopic (exact) mass is 445 g/mol. The van der Waals surface area contributed by atoms with E-state index in [1.54, 1.807) is 16.7 Å². The zero-order valence-corrected chi connectivity index (χ0v) is 17.8. The molecule has 31 heavy (non-hydrogen) atoms. The van der Waals surface area contributed by atoms with Crippen LogP contribution in [0.15, 0.2) is 47.6 Å². The van der Waals surface area contributed by atoms with Crippen LogP contribution in [0.1, 0.15) is 28.7 Å². The lowest BCUT2D eigenvalue weighted by molar-refractivity contribution is -0.113. The number of nitrogens with one attached hydrogen (secondary N) is 2. The highest BCUT2D eigenvalue weighted by atomic mass is 32.2. The molecule has 0 saturated carbocycles. The van der Waals surface area contributed by atoms with E-state index in [0.29, 0.717) is 23.1 Å². The summed E-state index contributed by atoms with van der Waals surface area (Å²) >= 11 is 1.16. The molecule has 7 nitrogen and oxygen atoms in total. The molecule has 0 atom stereocenters. The van der Waals surface area contributed by atoms with E-state index >= 15 is 0 Å². The Labute approximate surface area is 182 Å². The second-order valence-corrected chi connectivity index (χ2v) is 7.60. The number of rotatable bonds is 8. The van der Waals surface area contributed by atoms with Crippen molar-refractivity contribution in [3.05, 3.63) is 71.1 Å². The minimum absolute atomic E-state index is 0.00673. The van der Waals surface area contributed by atoms with Gasteiger partial charge in [0.15, 0.2) is 22.6 Å². The zero-order chi connectivity index (χ0) is 22.4. The highest BCUT2D eigenvalue weighted by molar-refractivity contribution is 7.99. The Morgan fingerprint density at radius 2 is 1.90 bits per heavy atom. The van der Waals surface area contributed by atoms with Crippen molar-refractivity contribution >= 4 is 29.3 Å². The van der Waals surface area contributed by atoms with Crippen LogP contribution in [0.5, 0.6) is 0 Å². The maximum atomic E-state index is 13.3. The van der Waals surface area contributed by atoms with Crippen LogP contribution < -0.4 is 10.6 Å². The van der Waals surface area contributed by atoms with Crippen LogP contribution >= 0.6 is 11.8 Å². The Balaban J connectivity index is 1.57. The van der Waals surface area contributed by atoms with Crippen molar-refractivity contribution in [2.75, 3.05) is 11.1 Å². The van der Waals surface area contributed by atoms with Gasteiger partial charge in [-0.15, -0.1) is 10.2 Å². The van der Waals surface area contributed by atoms with Crippen LogP contribution in [0.3, 0.4) is 0 Å². The first-order chi connectivity index (χ1) is 14.9. The van der Waals surface area contributed by atoms with Gasteiger partial charge in [-0.05, 0) is 38.1 Å². The van der Waals surface area contributed by atoms with E-state index in [0.717, 1.165) is 29.5 Å². The fraction of sp³-hybridized carbons (Fsp3) is 0.238. The van der Waals surface area contributed by atoms with E-state index in [1.807, 2.05) is 26.0 Å². The van der Waals surface area contributed by atoms with Crippen molar-refractivity contribution in [1.29, 1.82) is 0 Å². The minimum Gasteiger partial charge on any atom is -0.345 e. The first-order valence-corrected chi connectivity index (χ1v) is 10.5. The zero-order valence-electron chi connectivity index (χ0n) is 17.0. The van der Waals surface area contributed by atoms with Gasteiger partial charge in [0.25, 0.3) is 5.91 Å². The quantitative estimate of drug-likeness (QED) is 0.518. The molecule has 0 aliphatic heterocycles. The topological polar surface area (TPSA) is 88.9 Å². The summed E-state index contributed by atoms with van der Waals surface area (Å²) < 4.78 is 28.0. The Hall–Kier alpha value is -3.27. The van der Waals surface area contributed by atoms with E-state index in [-0.39, 0.29) is 23.9 Å². The van der Waals surface area contributed by atoms with E-state index < -0.39 is 17.5 Å². The standard InChI is InChI=1S/C21H21F2N5O2S/c1-3-28-18(11-24-20(30)14-6-4-5-13(2)9-14)26-27-21(28)31-12-19(29)25-15-7-8-16(22)17(23)10-15/h4-10H,3,11-12H2,1-2H3,(H,24,30)(H,25,29). The molecule has 0 spiro atoms. The second kappa shape index (κ2) is 10.2. The SMILES string of the molecule is CCn1c(CNC(=O)c2cccc(C)c2)nnc1SCC(=O)Nc1ccc(F)c(F)c1. The summed E-state index contributed by atoms with van der Waals surface area (Å²) in [5.41, 5.74) is 1.72. The molecule has 10 heteroatoms. The minimum atomic E-state index is -1.03. The van der Waals surface area contributed by atoms with Crippen LogP contribution in [-0.4, -0.2) is 32.3 Å². The Kier molecular flexibility index (Phi) is 7.35. The normalized spacial score (nSPS) is 10.7. The third-order valence-corrected chi connectivity index (χ3v) is 5.30. The third-order valence-electron chi connectivity index (χ3n) is 4.33. The summed E-state index contributed by atoms with van der Waals surface area (Å²) in [6.45, 7) is 4.56. The van der Waals surface area contributed by atoms with Gasteiger partial charge in [0.2, 0.25) is 5.91 Å². The molecule has 2 amide bonds. The van der Waals surface area contributed by atoms with Gasteiger partial charge in [0.05, 0.1) is 12.3 Å². The van der Waals surface area contributed by atoms with Crippen LogP contribution in [0.4, 0.5) is 14.5 Å². The number of thioether (sulfide) groups is 1. The number of halogens is 2. The molecule has 3 rings (SSSR count). The van der Waals surface area contributed by atoms with E-state index in [2.05, 4.69) is 20.8 Å². The summed E-state index contributed by atoms with van der Waals surface area (Å²) in [7, 11) is 0. The number of anilines is 1. The summed E-state index contributed by atoms with van der Waals surface area (Å²) in [6, 6.07) is 10.4. The first-order valence-electron chi connectivity index (χ1n) is 9.52. The van der Waals surface area contributed by atoms with Crippen LogP contribution in [0.25, 0.3) is 0 Å². The molecule has 1 aromatic heterocycles. The molecule has 0 fully saturated rings. The van der Waals surface area contributed by atoms with Crippen LogP contribution in [-0.2, 0) is 17.9 Å². The molecule has 0 unspecified atom stereocenters. The number of carbonyl (C=O) groups is 2. The van der Waals surface area contributed by atoms with Crippen LogP contribution in [0.2, 0.25) is 0 Å². The van der Waals surface area contributed by atoms with Crippen molar-refractivity contribution in [2.24, 2.45) is 0 Å². The second-order valence-electron chi connectivity index (χ2n) is 6.66. The van der Waals surface area contributed by atoms with E-state index in [9.17, 15) is 18.4 Å². The fourth-order valence-corrected chi connectivity index (χ4v) is 3.64. The fourth-order valence-electron chi connectivity index (χ4n) is 2.82. The predicted octanol–water partition coefficient (Wildman–Crippen LogP) is 3.55. The molecular formula is C21H21F2N5O2S. The molecule has 0 saturated heterocycles. The molecule has 3 aromatic rings. The average Bonchev–Trinajstić information content (AvgIpc) is 3.15. The molecule has 1 heterocycles. The van der Waals surface area contributed by atoms with Gasteiger partial charge in [-0.1, -0.05) is 29.5 Å². The van der Waals surface area contributed by atoms with Gasteiger partial charge >= 0.3 is 0 Å². The molecule has 0 bridgehead atoms. The van der Waals surface area contributed by atoms with Gasteiger partial charge < -0.3 is 15.2 Å². The number of hydrogen-bond donors (Lipinski definition) is 2. The Morgan fingerprint density at radius 3 is 2.61 bits per heavy atom. The maximum Gasteiger partial charge on any atom is 0.251 e. The Morgan fingerprint density at radius 1 is 1.10 bits per heavy atom. The lowest BCUT2D eigenvalue weighted by Crippen LogP contribution is -2.25. The van der Waals surface area contributed by atoms with Gasteiger partial charge in [-0.25, -0.2) is 8.78 Å². The van der Waals surface area contributed by atoms with Gasteiger partial charge in [-0.2, -0.15) is 0 Å². The summed E-state index contributed by atoms with van der Waals surface area (Å²) in [4.78, 5) is 24.5. The molecule has 0 aliphatic rings. The molecule has 2 N–H and O–H groups in total. The summed E-state index contributed by atoms with van der Waals surface area (Å²) in [5, 5.41) is 14.0. The molecular weight excluding hydrogens is 424 g/mol. The Bertz CT molecular complexity index is 1100. The van der Waals surface area contributed by atoms with Crippen molar-refractivity contribution in [3.8, 4) is 0 Å². The molecule has 2 aromatic carbocycles. The molecule has 162 valence electrons. The number of carbonyl (C=O) groups excluding carboxylic acids is 2. The van der Waals surface area contributed by atoms with Crippen molar-refractivity contribution in [3.63, 3.8) is 0 Å². The van der Waals surface area contributed by atoms with E-state index in [4.69, 9.17) is 0 Å². The van der Waals surface area contributed by atoms with Crippen molar-refractivity contribution < 1.29 is 18.4 Å². The first kappa shape index (κ1) is 22.4. The summed E-state index contributed by atoms with van der Waals surface area (Å²) in [6.07, 6.45) is 0. The largest absolute Gasteiger partial charge is 0.345 e. The summed E-state index contributed by atoms with van der Waals surface area (Å²) in [5.74, 6) is -2.05. The van der Waals surface area contributed by atoms with Crippen molar-refractivity contribution in [1.82, 2.24) is 20.1 Å². The highest BCUT2D eigenvalue weighted by Crippen LogP contribution is 2.19. The van der Waals surface area contributed by atoms with Gasteiger partial charge in [0.1, 0.15) is 0 Å².